The highest BCUT2D eigenvalue weighted by molar-refractivity contribution is 7.79. The van der Waals surface area contributed by atoms with E-state index in [0.717, 1.165) is 5.56 Å². The van der Waals surface area contributed by atoms with Crippen LogP contribution in [0.1, 0.15) is 5.56 Å². The van der Waals surface area contributed by atoms with Crippen molar-refractivity contribution in [1.82, 2.24) is 0 Å². The van der Waals surface area contributed by atoms with Gasteiger partial charge in [-0.3, -0.25) is 0 Å². The predicted octanol–water partition coefficient (Wildman–Crippen LogP) is 1.72. The zero-order valence-corrected chi connectivity index (χ0v) is 7.26. The number of thiocarbonyl (C=S) groups is 1. The van der Waals surface area contributed by atoms with Crippen LogP contribution >= 0.6 is 12.2 Å². The fourth-order valence-electron chi connectivity index (χ4n) is 0.828. The summed E-state index contributed by atoms with van der Waals surface area (Å²) in [5.41, 5.74) is 0.723. The highest BCUT2D eigenvalue weighted by Crippen LogP contribution is 2.15. The maximum absolute atomic E-state index is 10.1. The molecule has 2 nitrogen and oxygen atoms in total. The number of benzene rings is 1. The zero-order chi connectivity index (χ0) is 8.81. The molecule has 0 atom stereocenters. The number of rotatable bonds is 4. The number of para-hydroxylation sites is 1. The van der Waals surface area contributed by atoms with Crippen molar-refractivity contribution < 1.29 is 9.84 Å². The number of hydrogen-bond donors (Lipinski definition) is 0. The quantitative estimate of drug-likeness (QED) is 0.660. The van der Waals surface area contributed by atoms with Gasteiger partial charge < -0.3 is 4.74 Å². The maximum atomic E-state index is 10.1. The van der Waals surface area contributed by atoms with E-state index in [1.807, 2.05) is 12.1 Å². The molecule has 0 aliphatic rings. The smallest absolute Gasteiger partial charge is 0.128 e. The number of ether oxygens (including phenoxy) is 1. The third kappa shape index (κ3) is 2.29. The lowest BCUT2D eigenvalue weighted by Gasteiger charge is -2.05. The Bertz CT molecular complexity index is 260. The van der Waals surface area contributed by atoms with E-state index >= 15 is 0 Å². The summed E-state index contributed by atoms with van der Waals surface area (Å²) in [5, 5.41) is 12.7. The molecule has 0 fully saturated rings. The summed E-state index contributed by atoms with van der Waals surface area (Å²) in [4.78, 5) is 0. The monoisotopic (exact) mass is 180 g/mol. The molecule has 0 aliphatic carbocycles. The molecule has 0 aliphatic heterocycles. The average Bonchev–Trinajstić information content (AvgIpc) is 2.15. The second-order valence-corrected chi connectivity index (χ2v) is 2.35. The molecule has 3 heteroatoms. The van der Waals surface area contributed by atoms with Gasteiger partial charge in [-0.25, -0.2) is 5.11 Å². The first kappa shape index (κ1) is 9.16. The summed E-state index contributed by atoms with van der Waals surface area (Å²) in [7, 11) is 0. The summed E-state index contributed by atoms with van der Waals surface area (Å²) in [6.07, 6.45) is 0. The first-order valence-electron chi connectivity index (χ1n) is 3.56. The summed E-state index contributed by atoms with van der Waals surface area (Å²) in [6.45, 7) is -0.0697. The van der Waals surface area contributed by atoms with Crippen LogP contribution in [0.25, 0.3) is 0 Å². The molecule has 0 aromatic heterocycles. The van der Waals surface area contributed by atoms with Gasteiger partial charge in [-0.15, -0.1) is 0 Å². The van der Waals surface area contributed by atoms with Gasteiger partial charge in [-0.2, -0.15) is 0 Å². The molecule has 62 valence electrons. The topological polar surface area (TPSA) is 29.1 Å². The Kier molecular flexibility index (Phi) is 3.70. The molecular formula is C9H8O2S. The van der Waals surface area contributed by atoms with Gasteiger partial charge >= 0.3 is 0 Å². The molecule has 0 unspecified atom stereocenters. The SMILES string of the molecule is [O]CCOc1ccccc1[C]=S. The second-order valence-electron chi connectivity index (χ2n) is 2.15. The fraction of sp³-hybridized carbons (Fsp3) is 0.222. The summed E-state index contributed by atoms with van der Waals surface area (Å²) in [6, 6.07) is 7.24. The lowest BCUT2D eigenvalue weighted by Crippen LogP contribution is -2.02. The first-order valence-corrected chi connectivity index (χ1v) is 3.97. The van der Waals surface area contributed by atoms with Crippen LogP contribution in [0.2, 0.25) is 0 Å². The van der Waals surface area contributed by atoms with Crippen molar-refractivity contribution in [2.24, 2.45) is 0 Å². The Hall–Kier alpha value is -0.930. The second kappa shape index (κ2) is 4.85. The van der Waals surface area contributed by atoms with E-state index in [9.17, 15) is 5.11 Å². The largest absolute Gasteiger partial charge is 0.490 e. The van der Waals surface area contributed by atoms with E-state index in [1.54, 1.807) is 12.1 Å². The van der Waals surface area contributed by atoms with Gasteiger partial charge in [0.25, 0.3) is 0 Å². The highest BCUT2D eigenvalue weighted by Gasteiger charge is 1.98. The van der Waals surface area contributed by atoms with Crippen molar-refractivity contribution in [3.63, 3.8) is 0 Å². The molecule has 0 amide bonds. The molecule has 0 bridgehead atoms. The van der Waals surface area contributed by atoms with Crippen LogP contribution in [-0.4, -0.2) is 18.6 Å². The summed E-state index contributed by atoms with van der Waals surface area (Å²) in [5.74, 6) is 0.628. The van der Waals surface area contributed by atoms with Gasteiger partial charge in [0, 0.05) is 5.56 Å². The lowest BCUT2D eigenvalue weighted by molar-refractivity contribution is 0.138. The van der Waals surface area contributed by atoms with E-state index in [0.29, 0.717) is 5.75 Å². The minimum absolute atomic E-state index is 0.175. The minimum atomic E-state index is -0.244. The summed E-state index contributed by atoms with van der Waals surface area (Å²) >= 11 is 4.65. The van der Waals surface area contributed by atoms with Crippen LogP contribution in [0, 0.1) is 0 Å². The number of hydrogen-bond acceptors (Lipinski definition) is 2. The van der Waals surface area contributed by atoms with Gasteiger partial charge in [-0.1, -0.05) is 24.4 Å². The molecule has 0 spiro atoms. The zero-order valence-electron chi connectivity index (χ0n) is 6.45. The van der Waals surface area contributed by atoms with Gasteiger partial charge in [0.05, 0.1) is 5.37 Å². The fourth-order valence-corrected chi connectivity index (χ4v) is 0.997. The predicted molar refractivity (Wildman–Crippen MR) is 49.2 cm³/mol. The Morgan fingerprint density at radius 2 is 2.17 bits per heavy atom. The van der Waals surface area contributed by atoms with Crippen LogP contribution in [0.3, 0.4) is 0 Å². The standard InChI is InChI=1S/C9H8O2S/c10-5-6-11-9-4-2-1-3-8(9)7-12/h1-4H,5-6H2. The Balaban J connectivity index is 2.75. The Morgan fingerprint density at radius 1 is 1.42 bits per heavy atom. The van der Waals surface area contributed by atoms with Crippen LogP contribution in [0.4, 0.5) is 0 Å². The third-order valence-electron chi connectivity index (χ3n) is 1.34. The van der Waals surface area contributed by atoms with Crippen molar-refractivity contribution in [3.05, 3.63) is 29.8 Å². The Morgan fingerprint density at radius 3 is 2.83 bits per heavy atom. The molecule has 0 saturated heterocycles. The van der Waals surface area contributed by atoms with E-state index in [1.165, 1.54) is 0 Å². The van der Waals surface area contributed by atoms with Gasteiger partial charge in [0.1, 0.15) is 19.0 Å². The van der Waals surface area contributed by atoms with Gasteiger partial charge in [-0.05, 0) is 12.1 Å². The molecule has 1 aromatic carbocycles. The van der Waals surface area contributed by atoms with Crippen molar-refractivity contribution in [3.8, 4) is 5.75 Å². The molecule has 12 heavy (non-hydrogen) atoms. The van der Waals surface area contributed by atoms with Crippen molar-refractivity contribution in [2.45, 2.75) is 0 Å². The lowest BCUT2D eigenvalue weighted by atomic mass is 10.2. The normalized spacial score (nSPS) is 9.42. The van der Waals surface area contributed by atoms with Crippen molar-refractivity contribution in [1.29, 1.82) is 0 Å². The van der Waals surface area contributed by atoms with Crippen LogP contribution in [0.5, 0.6) is 5.75 Å². The average molecular weight is 180 g/mol. The maximum Gasteiger partial charge on any atom is 0.128 e. The highest BCUT2D eigenvalue weighted by atomic mass is 32.1. The Labute approximate surface area is 76.8 Å². The van der Waals surface area contributed by atoms with Crippen LogP contribution in [0.15, 0.2) is 24.3 Å². The van der Waals surface area contributed by atoms with Crippen LogP contribution in [-0.2, 0) is 5.11 Å². The first-order chi connectivity index (χ1) is 5.88. The van der Waals surface area contributed by atoms with Gasteiger partial charge in [0.2, 0.25) is 0 Å². The van der Waals surface area contributed by atoms with E-state index in [-0.39, 0.29) is 13.2 Å². The molecule has 2 radical (unpaired) electrons. The molecule has 1 aromatic rings. The van der Waals surface area contributed by atoms with Crippen molar-refractivity contribution in [2.75, 3.05) is 13.2 Å². The molecule has 0 saturated carbocycles. The van der Waals surface area contributed by atoms with E-state index in [4.69, 9.17) is 4.74 Å². The van der Waals surface area contributed by atoms with Crippen LogP contribution < -0.4 is 4.74 Å². The van der Waals surface area contributed by atoms with E-state index in [2.05, 4.69) is 17.6 Å². The molecule has 0 heterocycles. The molecule has 1 rings (SSSR count). The van der Waals surface area contributed by atoms with E-state index < -0.39 is 0 Å². The molecular weight excluding hydrogens is 172 g/mol. The molecule has 0 N–H and O–H groups in total. The summed E-state index contributed by atoms with van der Waals surface area (Å²) < 4.78 is 5.14. The third-order valence-corrected chi connectivity index (χ3v) is 1.56. The van der Waals surface area contributed by atoms with Gasteiger partial charge in [0.15, 0.2) is 0 Å². The minimum Gasteiger partial charge on any atom is -0.490 e. The van der Waals surface area contributed by atoms with Crippen molar-refractivity contribution >= 4 is 17.6 Å².